The van der Waals surface area contributed by atoms with E-state index in [9.17, 15) is 9.90 Å². The lowest BCUT2D eigenvalue weighted by Gasteiger charge is -2.30. The second-order valence-corrected chi connectivity index (χ2v) is 5.69. The number of carbonyl (C=O) groups is 1. The first-order valence-corrected chi connectivity index (χ1v) is 7.75. The number of amides is 1. The molecule has 1 aliphatic heterocycles. The van der Waals surface area contributed by atoms with E-state index in [1.165, 1.54) is 23.5 Å². The number of rotatable bonds is 5. The van der Waals surface area contributed by atoms with Crippen LogP contribution >= 0.6 is 0 Å². The molecular weight excluding hydrogens is 292 g/mol. The molecule has 1 aliphatic rings. The summed E-state index contributed by atoms with van der Waals surface area (Å²) >= 11 is 0. The van der Waals surface area contributed by atoms with Crippen molar-refractivity contribution >= 4 is 5.91 Å². The number of carbonyl (C=O) groups excluding carboxylic acids is 1. The van der Waals surface area contributed by atoms with E-state index in [4.69, 9.17) is 0 Å². The van der Waals surface area contributed by atoms with E-state index in [0.29, 0.717) is 6.54 Å². The third-order valence-electron chi connectivity index (χ3n) is 3.95. The van der Waals surface area contributed by atoms with Gasteiger partial charge in [0.05, 0.1) is 6.10 Å². The molecule has 2 aromatic rings. The minimum absolute atomic E-state index is 0.117. The maximum atomic E-state index is 11.8. The Kier molecular flexibility index (Phi) is 4.95. The number of aliphatic hydroxyl groups is 1. The van der Waals surface area contributed by atoms with E-state index in [2.05, 4.69) is 38.4 Å². The maximum absolute atomic E-state index is 11.8. The molecule has 2 N–H and O–H groups in total. The number of benzene rings is 1. The summed E-state index contributed by atoms with van der Waals surface area (Å²) in [6.07, 6.45) is 3.41. The number of hydrogen-bond acceptors (Lipinski definition) is 5. The summed E-state index contributed by atoms with van der Waals surface area (Å²) in [5, 5.41) is 12.8. The smallest absolute Gasteiger partial charge is 0.289 e. The van der Waals surface area contributed by atoms with Crippen LogP contribution in [-0.4, -0.2) is 51.6 Å². The number of hydrogen-bond donors (Lipinski definition) is 2. The molecule has 0 aliphatic carbocycles. The van der Waals surface area contributed by atoms with Crippen LogP contribution in [0.1, 0.15) is 21.7 Å². The molecule has 0 saturated heterocycles. The molecule has 1 amide bonds. The number of aromatic nitrogens is 2. The first-order valence-electron chi connectivity index (χ1n) is 7.75. The molecule has 2 heterocycles. The van der Waals surface area contributed by atoms with Crippen molar-refractivity contribution in [1.29, 1.82) is 0 Å². The van der Waals surface area contributed by atoms with Crippen molar-refractivity contribution in [2.75, 3.05) is 19.6 Å². The lowest BCUT2D eigenvalue weighted by atomic mass is 10.00. The van der Waals surface area contributed by atoms with Crippen LogP contribution in [0.25, 0.3) is 0 Å². The van der Waals surface area contributed by atoms with Crippen LogP contribution < -0.4 is 5.32 Å². The Morgan fingerprint density at radius 2 is 1.96 bits per heavy atom. The van der Waals surface area contributed by atoms with E-state index >= 15 is 0 Å². The van der Waals surface area contributed by atoms with E-state index in [0.717, 1.165) is 19.5 Å². The summed E-state index contributed by atoms with van der Waals surface area (Å²) in [5.41, 5.74) is 2.69. The van der Waals surface area contributed by atoms with Gasteiger partial charge < -0.3 is 10.4 Å². The number of nitrogens with zero attached hydrogens (tertiary/aromatic N) is 3. The third-order valence-corrected chi connectivity index (χ3v) is 3.95. The van der Waals surface area contributed by atoms with Crippen molar-refractivity contribution in [2.45, 2.75) is 19.1 Å². The Hall–Kier alpha value is -2.31. The highest BCUT2D eigenvalue weighted by molar-refractivity contribution is 5.90. The molecule has 23 heavy (non-hydrogen) atoms. The minimum Gasteiger partial charge on any atom is -0.390 e. The van der Waals surface area contributed by atoms with Crippen LogP contribution in [0.4, 0.5) is 0 Å². The highest BCUT2D eigenvalue weighted by Gasteiger charge is 2.19. The molecule has 6 heteroatoms. The fourth-order valence-corrected chi connectivity index (χ4v) is 2.78. The Bertz CT molecular complexity index is 663. The molecule has 1 aromatic carbocycles. The lowest BCUT2D eigenvalue weighted by molar-refractivity contribution is 0.0834. The van der Waals surface area contributed by atoms with Gasteiger partial charge in [0.15, 0.2) is 0 Å². The Morgan fingerprint density at radius 3 is 2.74 bits per heavy atom. The molecule has 1 atom stereocenters. The molecule has 0 unspecified atom stereocenters. The van der Waals surface area contributed by atoms with Crippen molar-refractivity contribution < 1.29 is 9.90 Å². The third kappa shape index (κ3) is 4.12. The van der Waals surface area contributed by atoms with Gasteiger partial charge in [-0.3, -0.25) is 9.69 Å². The molecular formula is C17H20N4O2. The van der Waals surface area contributed by atoms with Crippen LogP contribution in [0.3, 0.4) is 0 Å². The van der Waals surface area contributed by atoms with E-state index in [1.54, 1.807) is 6.07 Å². The number of aliphatic hydroxyl groups excluding tert-OH is 1. The first kappa shape index (κ1) is 15.6. The molecule has 0 bridgehead atoms. The van der Waals surface area contributed by atoms with Crippen molar-refractivity contribution in [2.24, 2.45) is 0 Å². The molecule has 0 radical (unpaired) electrons. The van der Waals surface area contributed by atoms with Gasteiger partial charge >= 0.3 is 0 Å². The van der Waals surface area contributed by atoms with Gasteiger partial charge in [0.1, 0.15) is 0 Å². The molecule has 0 saturated carbocycles. The van der Waals surface area contributed by atoms with Gasteiger partial charge in [0, 0.05) is 38.6 Å². The van der Waals surface area contributed by atoms with Gasteiger partial charge in [0.25, 0.3) is 5.91 Å². The number of β-amino-alcohol motifs (C(OH)–C–C–N with tert-alkyl or cyclic N) is 1. The van der Waals surface area contributed by atoms with Crippen molar-refractivity contribution in [3.8, 4) is 0 Å². The summed E-state index contributed by atoms with van der Waals surface area (Å²) in [5.74, 6) is -0.250. The average Bonchev–Trinajstić information content (AvgIpc) is 2.60. The van der Waals surface area contributed by atoms with Crippen molar-refractivity contribution in [3.63, 3.8) is 0 Å². The Balaban J connectivity index is 1.47. The number of nitrogens with one attached hydrogen (secondary N) is 1. The monoisotopic (exact) mass is 312 g/mol. The van der Waals surface area contributed by atoms with Gasteiger partial charge in [-0.05, 0) is 23.6 Å². The standard InChI is InChI=1S/C17H20N4O2/c22-15(10-20-17(23)16-18-7-3-8-19-16)12-21-9-6-13-4-1-2-5-14(13)11-21/h1-5,7-8,15,22H,6,9-12H2,(H,20,23)/t15-/m0/s1. The molecule has 0 spiro atoms. The highest BCUT2D eigenvalue weighted by atomic mass is 16.3. The predicted octanol–water partition coefficient (Wildman–Crippen LogP) is 0.626. The lowest BCUT2D eigenvalue weighted by Crippen LogP contribution is -2.42. The normalized spacial score (nSPS) is 15.7. The largest absolute Gasteiger partial charge is 0.390 e. The number of fused-ring (bicyclic) bond motifs is 1. The molecule has 120 valence electrons. The summed E-state index contributed by atoms with van der Waals surface area (Å²) in [6, 6.07) is 10.0. The van der Waals surface area contributed by atoms with Gasteiger partial charge in [-0.1, -0.05) is 24.3 Å². The molecule has 0 fully saturated rings. The van der Waals surface area contributed by atoms with Crippen LogP contribution in [0.5, 0.6) is 0 Å². The minimum atomic E-state index is -0.618. The average molecular weight is 312 g/mol. The van der Waals surface area contributed by atoms with E-state index in [-0.39, 0.29) is 18.3 Å². The fourth-order valence-electron chi connectivity index (χ4n) is 2.78. The van der Waals surface area contributed by atoms with Crippen LogP contribution in [0, 0.1) is 0 Å². The molecule has 3 rings (SSSR count). The topological polar surface area (TPSA) is 78.4 Å². The van der Waals surface area contributed by atoms with Gasteiger partial charge in [0.2, 0.25) is 5.82 Å². The summed E-state index contributed by atoms with van der Waals surface area (Å²) < 4.78 is 0. The summed E-state index contributed by atoms with van der Waals surface area (Å²) in [6.45, 7) is 2.48. The van der Waals surface area contributed by atoms with Crippen LogP contribution in [0.2, 0.25) is 0 Å². The van der Waals surface area contributed by atoms with E-state index < -0.39 is 6.10 Å². The summed E-state index contributed by atoms with van der Waals surface area (Å²) in [4.78, 5) is 21.8. The molecule has 1 aromatic heterocycles. The van der Waals surface area contributed by atoms with Crippen molar-refractivity contribution in [3.05, 3.63) is 59.7 Å². The zero-order chi connectivity index (χ0) is 16.1. The zero-order valence-corrected chi connectivity index (χ0v) is 12.9. The summed E-state index contributed by atoms with van der Waals surface area (Å²) in [7, 11) is 0. The van der Waals surface area contributed by atoms with Crippen LogP contribution in [-0.2, 0) is 13.0 Å². The van der Waals surface area contributed by atoms with Crippen molar-refractivity contribution in [1.82, 2.24) is 20.2 Å². The SMILES string of the molecule is O=C(NC[C@H](O)CN1CCc2ccccc2C1)c1ncccn1. The zero-order valence-electron chi connectivity index (χ0n) is 12.9. The second kappa shape index (κ2) is 7.30. The second-order valence-electron chi connectivity index (χ2n) is 5.69. The van der Waals surface area contributed by atoms with E-state index in [1.807, 2.05) is 6.07 Å². The van der Waals surface area contributed by atoms with Gasteiger partial charge in [-0.25, -0.2) is 9.97 Å². The Morgan fingerprint density at radius 1 is 1.22 bits per heavy atom. The Labute approximate surface area is 135 Å². The molecule has 6 nitrogen and oxygen atoms in total. The predicted molar refractivity (Wildman–Crippen MR) is 85.8 cm³/mol. The van der Waals surface area contributed by atoms with Crippen LogP contribution in [0.15, 0.2) is 42.7 Å². The quantitative estimate of drug-likeness (QED) is 0.846. The first-order chi connectivity index (χ1) is 11.2. The fraction of sp³-hybridized carbons (Fsp3) is 0.353. The van der Waals surface area contributed by atoms with Gasteiger partial charge in [-0.15, -0.1) is 0 Å². The highest BCUT2D eigenvalue weighted by Crippen LogP contribution is 2.18. The van der Waals surface area contributed by atoms with Gasteiger partial charge in [-0.2, -0.15) is 0 Å². The maximum Gasteiger partial charge on any atom is 0.289 e.